The van der Waals surface area contributed by atoms with Gasteiger partial charge in [0.05, 0.1) is 0 Å². The fourth-order valence-electron chi connectivity index (χ4n) is 1.37. The number of hydrogen-bond donors (Lipinski definition) is 1. The molecule has 0 spiro atoms. The fraction of sp³-hybridized carbons (Fsp3) is 0.636. The van der Waals surface area contributed by atoms with Gasteiger partial charge in [-0.05, 0) is 41.5 Å². The van der Waals surface area contributed by atoms with E-state index in [1.54, 1.807) is 0 Å². The number of anilines is 1. The van der Waals surface area contributed by atoms with Crippen LogP contribution in [-0.4, -0.2) is 29.6 Å². The Morgan fingerprint density at radius 1 is 1.38 bits per heavy atom. The van der Waals surface area contributed by atoms with Gasteiger partial charge in [-0.25, -0.2) is 9.97 Å². The molecule has 0 radical (unpaired) electrons. The number of aromatic nitrogens is 2. The van der Waals surface area contributed by atoms with E-state index in [1.165, 1.54) is 0 Å². The first-order valence-electron chi connectivity index (χ1n) is 5.41. The zero-order valence-electron chi connectivity index (χ0n) is 10.1. The van der Waals surface area contributed by atoms with Gasteiger partial charge in [-0.1, -0.05) is 13.8 Å². The summed E-state index contributed by atoms with van der Waals surface area (Å²) in [7, 11) is 0. The summed E-state index contributed by atoms with van der Waals surface area (Å²) in [5, 5.41) is 0. The van der Waals surface area contributed by atoms with Gasteiger partial charge in [0.25, 0.3) is 0 Å². The van der Waals surface area contributed by atoms with Crippen LogP contribution in [0.4, 0.5) is 5.95 Å². The average Bonchev–Trinajstić information content (AvgIpc) is 2.27. The Bertz CT molecular complexity index is 323. The van der Waals surface area contributed by atoms with E-state index in [0.29, 0.717) is 6.54 Å². The zero-order chi connectivity index (χ0) is 12.2. The number of rotatable bonds is 5. The molecule has 0 aliphatic rings. The van der Waals surface area contributed by atoms with Gasteiger partial charge in [0.15, 0.2) is 0 Å². The van der Waals surface area contributed by atoms with E-state index in [1.807, 2.05) is 12.4 Å². The SMILES string of the molecule is CCN(CC(C)(C)CN)c1ncc(I)cn1. The van der Waals surface area contributed by atoms with Gasteiger partial charge in [-0.15, -0.1) is 0 Å². The van der Waals surface area contributed by atoms with Crippen LogP contribution < -0.4 is 10.6 Å². The first kappa shape index (κ1) is 13.6. The predicted molar refractivity (Wildman–Crippen MR) is 75.5 cm³/mol. The molecule has 0 aliphatic carbocycles. The summed E-state index contributed by atoms with van der Waals surface area (Å²) in [6.45, 7) is 8.84. The molecule has 0 saturated carbocycles. The number of nitrogens with two attached hydrogens (primary N) is 1. The van der Waals surface area contributed by atoms with E-state index in [0.717, 1.165) is 22.6 Å². The smallest absolute Gasteiger partial charge is 0.225 e. The normalized spacial score (nSPS) is 11.6. The molecule has 0 bridgehead atoms. The molecule has 5 heteroatoms. The van der Waals surface area contributed by atoms with Crippen LogP contribution in [0.5, 0.6) is 0 Å². The minimum absolute atomic E-state index is 0.0857. The molecule has 0 saturated heterocycles. The third-order valence-electron chi connectivity index (χ3n) is 2.44. The standard InChI is InChI=1S/C11H19IN4/c1-4-16(8-11(2,3)7-13)10-14-5-9(12)6-15-10/h5-6H,4,7-8,13H2,1-3H3. The maximum Gasteiger partial charge on any atom is 0.225 e. The summed E-state index contributed by atoms with van der Waals surface area (Å²) in [5.74, 6) is 0.782. The Morgan fingerprint density at radius 3 is 2.38 bits per heavy atom. The van der Waals surface area contributed by atoms with Crippen molar-refractivity contribution >= 4 is 28.5 Å². The summed E-state index contributed by atoms with van der Waals surface area (Å²) >= 11 is 2.20. The van der Waals surface area contributed by atoms with Crippen LogP contribution in [-0.2, 0) is 0 Å². The van der Waals surface area contributed by atoms with Gasteiger partial charge in [0.2, 0.25) is 5.95 Å². The second-order valence-corrected chi connectivity index (χ2v) is 5.83. The lowest BCUT2D eigenvalue weighted by atomic mass is 9.93. The second kappa shape index (κ2) is 5.77. The van der Waals surface area contributed by atoms with Crippen LogP contribution in [0, 0.1) is 8.99 Å². The van der Waals surface area contributed by atoms with Gasteiger partial charge >= 0.3 is 0 Å². The molecule has 4 nitrogen and oxygen atoms in total. The highest BCUT2D eigenvalue weighted by Gasteiger charge is 2.20. The lowest BCUT2D eigenvalue weighted by Gasteiger charge is -2.30. The molecule has 0 aromatic carbocycles. The lowest BCUT2D eigenvalue weighted by Crippen LogP contribution is -2.39. The van der Waals surface area contributed by atoms with Crippen molar-refractivity contribution in [2.24, 2.45) is 11.1 Å². The number of halogens is 1. The van der Waals surface area contributed by atoms with Crippen molar-refractivity contribution < 1.29 is 0 Å². The topological polar surface area (TPSA) is 55.0 Å². The Hall–Kier alpha value is -0.430. The highest BCUT2D eigenvalue weighted by molar-refractivity contribution is 14.1. The summed E-state index contributed by atoms with van der Waals surface area (Å²) in [6, 6.07) is 0. The van der Waals surface area contributed by atoms with Crippen molar-refractivity contribution in [2.45, 2.75) is 20.8 Å². The van der Waals surface area contributed by atoms with Gasteiger partial charge in [0, 0.05) is 29.1 Å². The van der Waals surface area contributed by atoms with E-state index in [2.05, 4.69) is 58.2 Å². The first-order valence-corrected chi connectivity index (χ1v) is 6.49. The van der Waals surface area contributed by atoms with Crippen molar-refractivity contribution in [3.8, 4) is 0 Å². The quantitative estimate of drug-likeness (QED) is 0.836. The maximum atomic E-state index is 5.74. The third-order valence-corrected chi connectivity index (χ3v) is 3.00. The van der Waals surface area contributed by atoms with E-state index in [9.17, 15) is 0 Å². The van der Waals surface area contributed by atoms with Crippen LogP contribution in [0.3, 0.4) is 0 Å². The second-order valence-electron chi connectivity index (χ2n) is 4.58. The first-order chi connectivity index (χ1) is 7.48. The summed E-state index contributed by atoms with van der Waals surface area (Å²) in [6.07, 6.45) is 3.67. The van der Waals surface area contributed by atoms with Gasteiger partial charge < -0.3 is 10.6 Å². The Kier molecular flexibility index (Phi) is 4.91. The molecule has 2 N–H and O–H groups in total. The minimum atomic E-state index is 0.0857. The number of nitrogens with zero attached hydrogens (tertiary/aromatic N) is 3. The summed E-state index contributed by atoms with van der Waals surface area (Å²) < 4.78 is 1.05. The van der Waals surface area contributed by atoms with Gasteiger partial charge in [-0.2, -0.15) is 0 Å². The van der Waals surface area contributed by atoms with Crippen LogP contribution in [0.1, 0.15) is 20.8 Å². The molecular formula is C11H19IN4. The average molecular weight is 334 g/mol. The highest BCUT2D eigenvalue weighted by Crippen LogP contribution is 2.18. The van der Waals surface area contributed by atoms with E-state index in [4.69, 9.17) is 5.73 Å². The fourth-order valence-corrected chi connectivity index (χ4v) is 1.65. The van der Waals surface area contributed by atoms with Gasteiger partial charge in [-0.3, -0.25) is 0 Å². The molecule has 0 unspecified atom stereocenters. The molecular weight excluding hydrogens is 315 g/mol. The van der Waals surface area contributed by atoms with Crippen molar-refractivity contribution in [1.29, 1.82) is 0 Å². The molecule has 1 aromatic rings. The van der Waals surface area contributed by atoms with Gasteiger partial charge in [0.1, 0.15) is 0 Å². The number of hydrogen-bond acceptors (Lipinski definition) is 4. The minimum Gasteiger partial charge on any atom is -0.341 e. The van der Waals surface area contributed by atoms with Crippen molar-refractivity contribution in [3.05, 3.63) is 16.0 Å². The molecule has 0 fully saturated rings. The van der Waals surface area contributed by atoms with E-state index >= 15 is 0 Å². The summed E-state index contributed by atoms with van der Waals surface area (Å²) in [4.78, 5) is 10.8. The molecule has 0 aliphatic heterocycles. The van der Waals surface area contributed by atoms with Crippen molar-refractivity contribution in [2.75, 3.05) is 24.5 Å². The highest BCUT2D eigenvalue weighted by atomic mass is 127. The largest absolute Gasteiger partial charge is 0.341 e. The molecule has 0 atom stereocenters. The molecule has 0 amide bonds. The van der Waals surface area contributed by atoms with E-state index < -0.39 is 0 Å². The van der Waals surface area contributed by atoms with Crippen LogP contribution in [0.25, 0.3) is 0 Å². The molecule has 1 heterocycles. The summed E-state index contributed by atoms with van der Waals surface area (Å²) in [5.41, 5.74) is 5.83. The molecule has 90 valence electrons. The maximum absolute atomic E-state index is 5.74. The Labute approximate surface area is 111 Å². The lowest BCUT2D eigenvalue weighted by molar-refractivity contribution is 0.377. The van der Waals surface area contributed by atoms with Crippen molar-refractivity contribution in [1.82, 2.24) is 9.97 Å². The third kappa shape index (κ3) is 3.86. The monoisotopic (exact) mass is 334 g/mol. The van der Waals surface area contributed by atoms with E-state index in [-0.39, 0.29) is 5.41 Å². The Balaban J connectivity index is 2.78. The Morgan fingerprint density at radius 2 is 1.94 bits per heavy atom. The molecule has 1 rings (SSSR count). The van der Waals surface area contributed by atoms with Crippen LogP contribution in [0.15, 0.2) is 12.4 Å². The zero-order valence-corrected chi connectivity index (χ0v) is 12.2. The van der Waals surface area contributed by atoms with Crippen molar-refractivity contribution in [3.63, 3.8) is 0 Å². The predicted octanol–water partition coefficient (Wildman–Crippen LogP) is 1.89. The van der Waals surface area contributed by atoms with Crippen LogP contribution >= 0.6 is 22.6 Å². The molecule has 16 heavy (non-hydrogen) atoms. The van der Waals surface area contributed by atoms with Crippen LogP contribution in [0.2, 0.25) is 0 Å². The molecule has 1 aromatic heterocycles.